The first-order valence-corrected chi connectivity index (χ1v) is 5.85. The molecule has 2 saturated carbocycles. The van der Waals surface area contributed by atoms with Gasteiger partial charge in [0.2, 0.25) is 0 Å². The summed E-state index contributed by atoms with van der Waals surface area (Å²) in [5.41, 5.74) is 0. The van der Waals surface area contributed by atoms with Gasteiger partial charge in [-0.25, -0.2) is 0 Å². The van der Waals surface area contributed by atoms with Crippen LogP contribution in [0.2, 0.25) is 0 Å². The van der Waals surface area contributed by atoms with E-state index in [-0.39, 0.29) is 0 Å². The van der Waals surface area contributed by atoms with Crippen LogP contribution in [0.15, 0.2) is 17.5 Å². The summed E-state index contributed by atoms with van der Waals surface area (Å²) in [7, 11) is 0. The molecule has 1 aromatic heterocycles. The minimum atomic E-state index is 0.948. The Balaban J connectivity index is 1.87. The molecule has 2 aliphatic rings. The van der Waals surface area contributed by atoms with E-state index in [0.29, 0.717) is 0 Å². The molecule has 0 spiro atoms. The summed E-state index contributed by atoms with van der Waals surface area (Å²) in [5, 5.41) is 2.22. The fourth-order valence-electron chi connectivity index (χ4n) is 3.10. The smallest absolute Gasteiger partial charge is 0.00790 e. The van der Waals surface area contributed by atoms with E-state index in [0.717, 1.165) is 17.8 Å². The zero-order chi connectivity index (χ0) is 7.97. The van der Waals surface area contributed by atoms with Gasteiger partial charge in [0, 0.05) is 4.88 Å². The zero-order valence-electron chi connectivity index (χ0n) is 7.20. The molecule has 3 atom stereocenters. The van der Waals surface area contributed by atoms with Crippen molar-refractivity contribution in [3.63, 3.8) is 0 Å². The maximum atomic E-state index is 2.33. The molecule has 0 amide bonds. The van der Waals surface area contributed by atoms with E-state index in [2.05, 4.69) is 17.5 Å². The van der Waals surface area contributed by atoms with Gasteiger partial charge in [0.05, 0.1) is 0 Å². The number of hydrogen-bond donors (Lipinski definition) is 0. The lowest BCUT2D eigenvalue weighted by Gasteiger charge is -2.19. The van der Waals surface area contributed by atoms with Crippen LogP contribution in [-0.2, 0) is 0 Å². The van der Waals surface area contributed by atoms with Crippen LogP contribution in [0.5, 0.6) is 0 Å². The van der Waals surface area contributed by atoms with E-state index in [9.17, 15) is 0 Å². The van der Waals surface area contributed by atoms with Crippen LogP contribution in [0.1, 0.15) is 36.5 Å². The maximum absolute atomic E-state index is 2.33. The Morgan fingerprint density at radius 2 is 2.25 bits per heavy atom. The quantitative estimate of drug-likeness (QED) is 0.615. The Labute approximate surface area is 77.6 Å². The second kappa shape index (κ2) is 2.59. The summed E-state index contributed by atoms with van der Waals surface area (Å²) < 4.78 is 0. The lowest BCUT2D eigenvalue weighted by atomic mass is 9.88. The van der Waals surface area contributed by atoms with Gasteiger partial charge < -0.3 is 0 Å². The van der Waals surface area contributed by atoms with Crippen LogP contribution in [0, 0.1) is 11.8 Å². The van der Waals surface area contributed by atoms with Gasteiger partial charge in [-0.3, -0.25) is 0 Å². The summed E-state index contributed by atoms with van der Waals surface area (Å²) >= 11 is 1.96. The maximum Gasteiger partial charge on any atom is 0.00790 e. The first-order chi connectivity index (χ1) is 5.93. The van der Waals surface area contributed by atoms with Crippen molar-refractivity contribution in [1.29, 1.82) is 0 Å². The Morgan fingerprint density at radius 3 is 2.83 bits per heavy atom. The molecule has 0 N–H and O–H groups in total. The molecule has 0 aromatic carbocycles. The van der Waals surface area contributed by atoms with Gasteiger partial charge in [0.1, 0.15) is 0 Å². The van der Waals surface area contributed by atoms with Crippen molar-refractivity contribution in [3.8, 4) is 0 Å². The number of thiophene rings is 1. The van der Waals surface area contributed by atoms with Crippen molar-refractivity contribution in [2.45, 2.75) is 31.6 Å². The minimum absolute atomic E-state index is 0.948. The van der Waals surface area contributed by atoms with Gasteiger partial charge in [0.25, 0.3) is 0 Å². The molecule has 3 rings (SSSR count). The van der Waals surface area contributed by atoms with Crippen LogP contribution in [0.4, 0.5) is 0 Å². The first kappa shape index (κ1) is 7.14. The third kappa shape index (κ3) is 0.957. The van der Waals surface area contributed by atoms with E-state index in [1.54, 1.807) is 4.88 Å². The van der Waals surface area contributed by atoms with Gasteiger partial charge in [-0.1, -0.05) is 12.5 Å². The summed E-state index contributed by atoms with van der Waals surface area (Å²) in [4.78, 5) is 1.65. The summed E-state index contributed by atoms with van der Waals surface area (Å²) in [6.07, 6.45) is 6.05. The van der Waals surface area contributed by atoms with E-state index in [1.807, 2.05) is 11.3 Å². The highest BCUT2D eigenvalue weighted by atomic mass is 32.1. The normalized spacial score (nSPS) is 39.2. The van der Waals surface area contributed by atoms with Gasteiger partial charge in [0.15, 0.2) is 0 Å². The third-order valence-electron chi connectivity index (χ3n) is 3.65. The predicted octanol–water partition coefficient (Wildman–Crippen LogP) is 3.65. The summed E-state index contributed by atoms with van der Waals surface area (Å²) in [5.74, 6) is 3.08. The van der Waals surface area contributed by atoms with Crippen LogP contribution in [-0.4, -0.2) is 0 Å². The van der Waals surface area contributed by atoms with Gasteiger partial charge >= 0.3 is 0 Å². The molecule has 0 nitrogen and oxygen atoms in total. The minimum Gasteiger partial charge on any atom is -0.149 e. The lowest BCUT2D eigenvalue weighted by molar-refractivity contribution is 0.424. The highest BCUT2D eigenvalue weighted by molar-refractivity contribution is 7.10. The zero-order valence-corrected chi connectivity index (χ0v) is 8.02. The molecule has 12 heavy (non-hydrogen) atoms. The number of fused-ring (bicyclic) bond motifs is 2. The second-order valence-electron chi connectivity index (χ2n) is 4.30. The van der Waals surface area contributed by atoms with Crippen molar-refractivity contribution >= 4 is 11.3 Å². The van der Waals surface area contributed by atoms with Crippen LogP contribution >= 0.6 is 11.3 Å². The Morgan fingerprint density at radius 1 is 1.25 bits per heavy atom. The molecule has 2 aliphatic carbocycles. The summed E-state index contributed by atoms with van der Waals surface area (Å²) in [6, 6.07) is 4.53. The average Bonchev–Trinajstić information content (AvgIpc) is 2.81. The highest BCUT2D eigenvalue weighted by Crippen LogP contribution is 2.53. The van der Waals surface area contributed by atoms with Crippen LogP contribution < -0.4 is 0 Å². The van der Waals surface area contributed by atoms with Crippen molar-refractivity contribution in [2.24, 2.45) is 11.8 Å². The van der Waals surface area contributed by atoms with E-state index >= 15 is 0 Å². The molecule has 2 fully saturated rings. The average molecular weight is 178 g/mol. The van der Waals surface area contributed by atoms with Crippen molar-refractivity contribution in [3.05, 3.63) is 22.4 Å². The number of rotatable bonds is 1. The van der Waals surface area contributed by atoms with Crippen molar-refractivity contribution in [2.75, 3.05) is 0 Å². The largest absolute Gasteiger partial charge is 0.149 e. The molecule has 0 radical (unpaired) electrons. The van der Waals surface area contributed by atoms with Crippen molar-refractivity contribution in [1.82, 2.24) is 0 Å². The molecule has 0 aliphatic heterocycles. The topological polar surface area (TPSA) is 0 Å². The van der Waals surface area contributed by atoms with Gasteiger partial charge in [-0.2, -0.15) is 0 Å². The molecular weight excluding hydrogens is 164 g/mol. The molecule has 64 valence electrons. The standard InChI is InChI=1S/C11H14S/c1-2-11(12-5-1)10-7-8-3-4-9(10)6-8/h1-2,5,8-10H,3-4,6-7H2/t8-,9+,10+/m0/s1. The fraction of sp³-hybridized carbons (Fsp3) is 0.636. The molecule has 0 unspecified atom stereocenters. The summed E-state index contributed by atoms with van der Waals surface area (Å²) in [6.45, 7) is 0. The Kier molecular flexibility index (Phi) is 1.54. The van der Waals surface area contributed by atoms with Crippen LogP contribution in [0.25, 0.3) is 0 Å². The van der Waals surface area contributed by atoms with Crippen LogP contribution in [0.3, 0.4) is 0 Å². The molecule has 1 heteroatoms. The van der Waals surface area contributed by atoms with E-state index in [1.165, 1.54) is 25.7 Å². The molecular formula is C11H14S. The Hall–Kier alpha value is -0.300. The van der Waals surface area contributed by atoms with E-state index in [4.69, 9.17) is 0 Å². The SMILES string of the molecule is c1csc([C@@H]2C[C@H]3CC[C@@H]2C3)c1. The first-order valence-electron chi connectivity index (χ1n) is 4.97. The molecule has 1 aromatic rings. The Bertz CT molecular complexity index is 263. The fourth-order valence-corrected chi connectivity index (χ4v) is 4.03. The van der Waals surface area contributed by atoms with Crippen molar-refractivity contribution < 1.29 is 0 Å². The van der Waals surface area contributed by atoms with E-state index < -0.39 is 0 Å². The third-order valence-corrected chi connectivity index (χ3v) is 4.65. The second-order valence-corrected chi connectivity index (χ2v) is 5.28. The van der Waals surface area contributed by atoms with Gasteiger partial charge in [-0.05, 0) is 48.5 Å². The molecule has 0 saturated heterocycles. The predicted molar refractivity (Wildman–Crippen MR) is 52.5 cm³/mol. The van der Waals surface area contributed by atoms with Gasteiger partial charge in [-0.15, -0.1) is 11.3 Å². The highest BCUT2D eigenvalue weighted by Gasteiger charge is 2.40. The molecule has 2 bridgehead atoms. The monoisotopic (exact) mass is 178 g/mol. The lowest BCUT2D eigenvalue weighted by Crippen LogP contribution is -2.06. The molecule has 1 heterocycles. The number of hydrogen-bond acceptors (Lipinski definition) is 1.